The fraction of sp³-hybridized carbons (Fsp3) is 0.286. The number of carbonyl (C=O) groups excluding carboxylic acids is 1. The van der Waals surface area contributed by atoms with E-state index in [9.17, 15) is 9.18 Å². The Labute approximate surface area is 163 Å². The maximum absolute atomic E-state index is 13.5. The highest BCUT2D eigenvalue weighted by atomic mass is 19.1. The Morgan fingerprint density at radius 3 is 2.50 bits per heavy atom. The highest BCUT2D eigenvalue weighted by Crippen LogP contribution is 2.19. The second kappa shape index (κ2) is 7.42. The van der Waals surface area contributed by atoms with Crippen molar-refractivity contribution in [2.45, 2.75) is 13.8 Å². The normalized spacial score (nSPS) is 14.4. The van der Waals surface area contributed by atoms with Crippen LogP contribution in [0.25, 0.3) is 5.69 Å². The quantitative estimate of drug-likeness (QED) is 0.702. The van der Waals surface area contributed by atoms with Crippen LogP contribution in [-0.2, 0) is 0 Å². The molecule has 2 heterocycles. The second-order valence-electron chi connectivity index (χ2n) is 7.10. The van der Waals surface area contributed by atoms with Crippen LogP contribution in [0.15, 0.2) is 48.7 Å². The number of aryl methyl sites for hydroxylation is 2. The Kier molecular flexibility index (Phi) is 4.81. The minimum atomic E-state index is -0.272. The molecule has 0 bridgehead atoms. The topological polar surface area (TPSA) is 54.3 Å². The lowest BCUT2D eigenvalue weighted by atomic mass is 10.2. The van der Waals surface area contributed by atoms with Gasteiger partial charge in [0.1, 0.15) is 5.82 Å². The first-order valence-electron chi connectivity index (χ1n) is 9.31. The van der Waals surface area contributed by atoms with Gasteiger partial charge in [-0.05, 0) is 55.3 Å². The first-order chi connectivity index (χ1) is 13.5. The van der Waals surface area contributed by atoms with E-state index in [-0.39, 0.29) is 11.7 Å². The van der Waals surface area contributed by atoms with Crippen molar-refractivity contribution in [3.63, 3.8) is 0 Å². The van der Waals surface area contributed by atoms with Gasteiger partial charge in [-0.15, -0.1) is 5.10 Å². The van der Waals surface area contributed by atoms with Gasteiger partial charge in [-0.25, -0.2) is 9.07 Å². The maximum Gasteiger partial charge on any atom is 0.276 e. The summed E-state index contributed by atoms with van der Waals surface area (Å²) < 4.78 is 15.0. The van der Waals surface area contributed by atoms with E-state index in [1.165, 1.54) is 22.0 Å². The highest BCUT2D eigenvalue weighted by molar-refractivity contribution is 5.92. The van der Waals surface area contributed by atoms with E-state index >= 15 is 0 Å². The van der Waals surface area contributed by atoms with Crippen molar-refractivity contribution >= 4 is 11.6 Å². The molecular weight excluding hydrogens is 357 g/mol. The van der Waals surface area contributed by atoms with Gasteiger partial charge in [0, 0.05) is 31.9 Å². The third kappa shape index (κ3) is 3.60. The SMILES string of the molecule is Cc1cccc(N2CCN(C(=O)c3cn(-c4ccc(F)c(C)c4)nn3)CC2)c1. The zero-order valence-corrected chi connectivity index (χ0v) is 16.0. The van der Waals surface area contributed by atoms with E-state index in [1.807, 2.05) is 0 Å². The minimum Gasteiger partial charge on any atom is -0.368 e. The number of aromatic nitrogens is 3. The highest BCUT2D eigenvalue weighted by Gasteiger charge is 2.24. The van der Waals surface area contributed by atoms with Crippen LogP contribution in [0.2, 0.25) is 0 Å². The predicted molar refractivity (Wildman–Crippen MR) is 105 cm³/mol. The van der Waals surface area contributed by atoms with Gasteiger partial charge in [-0.2, -0.15) is 0 Å². The number of amides is 1. The number of carbonyl (C=O) groups is 1. The van der Waals surface area contributed by atoms with Crippen LogP contribution < -0.4 is 4.90 Å². The third-order valence-electron chi connectivity index (χ3n) is 5.05. The van der Waals surface area contributed by atoms with Crippen molar-refractivity contribution in [2.24, 2.45) is 0 Å². The fourth-order valence-electron chi connectivity index (χ4n) is 3.41. The van der Waals surface area contributed by atoms with Gasteiger partial charge in [0.15, 0.2) is 5.69 Å². The van der Waals surface area contributed by atoms with Gasteiger partial charge < -0.3 is 9.80 Å². The van der Waals surface area contributed by atoms with Crippen LogP contribution in [0, 0.1) is 19.7 Å². The van der Waals surface area contributed by atoms with Crippen LogP contribution in [0.5, 0.6) is 0 Å². The second-order valence-corrected chi connectivity index (χ2v) is 7.10. The number of benzene rings is 2. The molecule has 0 aliphatic carbocycles. The molecule has 2 aromatic carbocycles. The average Bonchev–Trinajstić information content (AvgIpc) is 3.20. The van der Waals surface area contributed by atoms with E-state index < -0.39 is 0 Å². The first kappa shape index (κ1) is 18.2. The van der Waals surface area contributed by atoms with Crippen LogP contribution in [-0.4, -0.2) is 52.0 Å². The molecule has 1 saturated heterocycles. The number of hydrogen-bond donors (Lipinski definition) is 0. The van der Waals surface area contributed by atoms with Crippen molar-refractivity contribution in [1.82, 2.24) is 19.9 Å². The number of rotatable bonds is 3. The smallest absolute Gasteiger partial charge is 0.276 e. The molecule has 0 spiro atoms. The molecule has 144 valence electrons. The molecule has 6 nitrogen and oxygen atoms in total. The van der Waals surface area contributed by atoms with Gasteiger partial charge in [-0.3, -0.25) is 4.79 Å². The Balaban J connectivity index is 1.43. The van der Waals surface area contributed by atoms with Gasteiger partial charge >= 0.3 is 0 Å². The standard InChI is InChI=1S/C21H22FN5O/c1-15-4-3-5-17(12-15)25-8-10-26(11-9-25)21(28)20-14-27(24-23-20)18-6-7-19(22)16(2)13-18/h3-7,12-14H,8-11H2,1-2H3. The third-order valence-corrected chi connectivity index (χ3v) is 5.05. The zero-order valence-electron chi connectivity index (χ0n) is 16.0. The molecule has 28 heavy (non-hydrogen) atoms. The molecule has 0 saturated carbocycles. The molecule has 1 aliphatic rings. The Bertz CT molecular complexity index is 1010. The summed E-state index contributed by atoms with van der Waals surface area (Å²) >= 11 is 0. The monoisotopic (exact) mass is 379 g/mol. The molecule has 0 unspecified atom stereocenters. The molecule has 0 radical (unpaired) electrons. The van der Waals surface area contributed by atoms with E-state index in [0.29, 0.717) is 30.0 Å². The van der Waals surface area contributed by atoms with Gasteiger partial charge in [-0.1, -0.05) is 17.3 Å². The molecular formula is C21H22FN5O. The van der Waals surface area contributed by atoms with E-state index in [2.05, 4.69) is 46.4 Å². The summed E-state index contributed by atoms with van der Waals surface area (Å²) in [5.74, 6) is -0.402. The maximum atomic E-state index is 13.5. The molecule has 3 aromatic rings. The summed E-state index contributed by atoms with van der Waals surface area (Å²) in [7, 11) is 0. The van der Waals surface area contributed by atoms with Crippen LogP contribution >= 0.6 is 0 Å². The number of piperazine rings is 1. The van der Waals surface area contributed by atoms with Crippen LogP contribution in [0.1, 0.15) is 21.6 Å². The summed E-state index contributed by atoms with van der Waals surface area (Å²) in [5, 5.41) is 8.05. The Morgan fingerprint density at radius 1 is 1.00 bits per heavy atom. The summed E-state index contributed by atoms with van der Waals surface area (Å²) in [5.41, 5.74) is 3.90. The summed E-state index contributed by atoms with van der Waals surface area (Å²) in [4.78, 5) is 16.9. The molecule has 0 N–H and O–H groups in total. The molecule has 1 aromatic heterocycles. The number of hydrogen-bond acceptors (Lipinski definition) is 4. The molecule has 0 atom stereocenters. The van der Waals surface area contributed by atoms with Crippen molar-refractivity contribution in [3.8, 4) is 5.69 Å². The molecule has 1 fully saturated rings. The number of halogens is 1. The number of anilines is 1. The van der Waals surface area contributed by atoms with Crippen molar-refractivity contribution in [3.05, 3.63) is 71.3 Å². The Hall–Kier alpha value is -3.22. The van der Waals surface area contributed by atoms with Crippen molar-refractivity contribution in [1.29, 1.82) is 0 Å². The first-order valence-corrected chi connectivity index (χ1v) is 9.31. The van der Waals surface area contributed by atoms with Crippen molar-refractivity contribution in [2.75, 3.05) is 31.1 Å². The van der Waals surface area contributed by atoms with E-state index in [4.69, 9.17) is 0 Å². The summed E-state index contributed by atoms with van der Waals surface area (Å²) in [6, 6.07) is 13.1. The summed E-state index contributed by atoms with van der Waals surface area (Å²) in [6.45, 7) is 6.59. The van der Waals surface area contributed by atoms with Gasteiger partial charge in [0.2, 0.25) is 0 Å². The van der Waals surface area contributed by atoms with E-state index in [1.54, 1.807) is 30.2 Å². The van der Waals surface area contributed by atoms with Crippen LogP contribution in [0.3, 0.4) is 0 Å². The average molecular weight is 379 g/mol. The zero-order chi connectivity index (χ0) is 19.7. The minimum absolute atomic E-state index is 0.131. The summed E-state index contributed by atoms with van der Waals surface area (Å²) in [6.07, 6.45) is 1.60. The van der Waals surface area contributed by atoms with Gasteiger partial charge in [0.05, 0.1) is 11.9 Å². The van der Waals surface area contributed by atoms with Crippen LogP contribution in [0.4, 0.5) is 10.1 Å². The lowest BCUT2D eigenvalue weighted by Gasteiger charge is -2.35. The molecule has 1 amide bonds. The fourth-order valence-corrected chi connectivity index (χ4v) is 3.41. The lowest BCUT2D eigenvalue weighted by Crippen LogP contribution is -2.48. The lowest BCUT2D eigenvalue weighted by molar-refractivity contribution is 0.0740. The molecule has 7 heteroatoms. The van der Waals surface area contributed by atoms with E-state index in [0.717, 1.165) is 13.1 Å². The Morgan fingerprint density at radius 2 is 1.79 bits per heavy atom. The van der Waals surface area contributed by atoms with Gasteiger partial charge in [0.25, 0.3) is 5.91 Å². The molecule has 4 rings (SSSR count). The number of nitrogens with zero attached hydrogens (tertiary/aromatic N) is 5. The molecule has 1 aliphatic heterocycles. The van der Waals surface area contributed by atoms with Crippen molar-refractivity contribution < 1.29 is 9.18 Å². The largest absolute Gasteiger partial charge is 0.368 e. The predicted octanol–water partition coefficient (Wildman–Crippen LogP) is 2.99.